The number of carboxylic acids is 1. The molecule has 2 N–H and O–H groups in total. The van der Waals surface area contributed by atoms with Gasteiger partial charge in [0.25, 0.3) is 0 Å². The number of carboxylic acid groups (broad SMARTS) is 1. The third-order valence-electron chi connectivity index (χ3n) is 5.95. The summed E-state index contributed by atoms with van der Waals surface area (Å²) in [5, 5.41) is 12.0. The first-order valence-electron chi connectivity index (χ1n) is 12.1. The van der Waals surface area contributed by atoms with Crippen molar-refractivity contribution in [3.05, 3.63) is 54.1 Å². The predicted octanol–water partition coefficient (Wildman–Crippen LogP) is 4.35. The van der Waals surface area contributed by atoms with Gasteiger partial charge in [0, 0.05) is 31.5 Å². The summed E-state index contributed by atoms with van der Waals surface area (Å²) in [4.78, 5) is 26.6. The van der Waals surface area contributed by atoms with E-state index in [4.69, 9.17) is 4.74 Å². The molecule has 2 rings (SSSR count). The van der Waals surface area contributed by atoms with Crippen LogP contribution in [0, 0.1) is 0 Å². The number of carbonyl (C=O) groups excluding carboxylic acids is 1. The number of ether oxygens (including phenoxy) is 1. The van der Waals surface area contributed by atoms with E-state index in [0.717, 1.165) is 42.1 Å². The van der Waals surface area contributed by atoms with Crippen molar-refractivity contribution in [3.63, 3.8) is 0 Å². The lowest BCUT2D eigenvalue weighted by Gasteiger charge is -2.24. The number of hydrogen-bond acceptors (Lipinski definition) is 5. The van der Waals surface area contributed by atoms with Crippen molar-refractivity contribution in [2.24, 2.45) is 0 Å². The summed E-state index contributed by atoms with van der Waals surface area (Å²) < 4.78 is 5.84. The highest BCUT2D eigenvalue weighted by Gasteiger charge is 2.15. The summed E-state index contributed by atoms with van der Waals surface area (Å²) in [6.45, 7) is 4.16. The van der Waals surface area contributed by atoms with Crippen molar-refractivity contribution in [1.29, 1.82) is 0 Å². The molecule has 7 heteroatoms. The zero-order valence-electron chi connectivity index (χ0n) is 20.7. The fourth-order valence-corrected chi connectivity index (χ4v) is 3.69. The Morgan fingerprint density at radius 1 is 1.00 bits per heavy atom. The maximum Gasteiger partial charge on any atom is 0.321 e. The second-order valence-corrected chi connectivity index (χ2v) is 8.53. The zero-order chi connectivity index (χ0) is 24.8. The fraction of sp³-hybridized carbons (Fsp3) is 0.481. The van der Waals surface area contributed by atoms with Gasteiger partial charge < -0.3 is 25.0 Å². The lowest BCUT2D eigenvalue weighted by molar-refractivity contribution is -0.139. The van der Waals surface area contributed by atoms with Crippen LogP contribution in [0.15, 0.2) is 48.5 Å². The van der Waals surface area contributed by atoms with Crippen molar-refractivity contribution >= 4 is 23.8 Å². The molecule has 2 aromatic rings. The Morgan fingerprint density at radius 3 is 2.24 bits per heavy atom. The summed E-state index contributed by atoms with van der Waals surface area (Å²) >= 11 is 0. The van der Waals surface area contributed by atoms with Crippen molar-refractivity contribution in [2.45, 2.75) is 51.5 Å². The molecule has 1 amide bonds. The molecule has 7 nitrogen and oxygen atoms in total. The summed E-state index contributed by atoms with van der Waals surface area (Å²) in [7, 11) is 3.63. The van der Waals surface area contributed by atoms with E-state index in [-0.39, 0.29) is 0 Å². The highest BCUT2D eigenvalue weighted by atomic mass is 16.5. The van der Waals surface area contributed by atoms with Crippen LogP contribution in [0.2, 0.25) is 0 Å². The van der Waals surface area contributed by atoms with Gasteiger partial charge in [0.05, 0.1) is 6.61 Å². The summed E-state index contributed by atoms with van der Waals surface area (Å²) in [6, 6.07) is 14.9. The van der Waals surface area contributed by atoms with Crippen LogP contribution in [0.3, 0.4) is 0 Å². The van der Waals surface area contributed by atoms with E-state index in [1.54, 1.807) is 11.9 Å². The lowest BCUT2D eigenvalue weighted by atomic mass is 10.1. The van der Waals surface area contributed by atoms with Crippen LogP contribution >= 0.6 is 0 Å². The smallest absolute Gasteiger partial charge is 0.321 e. The number of amides is 1. The Hall–Kier alpha value is -3.06. The Labute approximate surface area is 203 Å². The molecule has 0 saturated heterocycles. The minimum absolute atomic E-state index is 0.383. The number of unbranched alkanes of at least 4 members (excludes halogenated alkanes) is 4. The molecule has 0 spiro atoms. The molecule has 0 aliphatic rings. The van der Waals surface area contributed by atoms with Crippen LogP contribution in [0.1, 0.15) is 44.6 Å². The number of carbonyl (C=O) groups is 2. The van der Waals surface area contributed by atoms with E-state index in [1.165, 1.54) is 25.7 Å². The molecule has 0 heterocycles. The quantitative estimate of drug-likeness (QED) is 0.265. The second-order valence-electron chi connectivity index (χ2n) is 8.53. The van der Waals surface area contributed by atoms with Gasteiger partial charge >= 0.3 is 5.97 Å². The van der Waals surface area contributed by atoms with Gasteiger partial charge in [-0.05, 0) is 61.9 Å². The van der Waals surface area contributed by atoms with Crippen LogP contribution in [0.25, 0.3) is 0 Å². The number of aliphatic carboxylic acids is 1. The second kappa shape index (κ2) is 15.0. The largest absolute Gasteiger partial charge is 0.494 e. The Balaban J connectivity index is 1.82. The van der Waals surface area contributed by atoms with E-state index in [2.05, 4.69) is 17.1 Å². The van der Waals surface area contributed by atoms with Gasteiger partial charge in [0.2, 0.25) is 6.41 Å². The highest BCUT2D eigenvalue weighted by molar-refractivity contribution is 5.76. The number of nitrogens with one attached hydrogen (secondary N) is 1. The number of rotatable bonds is 17. The molecular weight excluding hydrogens is 430 g/mol. The fourth-order valence-electron chi connectivity index (χ4n) is 3.69. The van der Waals surface area contributed by atoms with Gasteiger partial charge in [0.15, 0.2) is 0 Å². The van der Waals surface area contributed by atoms with Crippen LogP contribution in [0.4, 0.5) is 11.4 Å². The zero-order valence-corrected chi connectivity index (χ0v) is 20.7. The standard InChI is InChI=1S/C27H39N3O4/c1-4-5-6-7-8-19-34-25-15-13-23(14-16-25)29(3)17-18-30(21-31)24-11-9-22(10-12-24)20-26(28-2)27(32)33/h9-16,21,26,28H,4-8,17-20H2,1-3H3,(H,32,33). The third-order valence-corrected chi connectivity index (χ3v) is 5.95. The number of anilines is 2. The van der Waals surface area contributed by atoms with E-state index in [0.29, 0.717) is 19.5 Å². The Bertz CT molecular complexity index is 855. The van der Waals surface area contributed by atoms with Crippen LogP contribution in [-0.2, 0) is 16.0 Å². The molecule has 1 unspecified atom stereocenters. The molecule has 1 atom stereocenters. The van der Waals surface area contributed by atoms with Gasteiger partial charge in [-0.3, -0.25) is 9.59 Å². The summed E-state index contributed by atoms with van der Waals surface area (Å²) in [6.07, 6.45) is 7.31. The lowest BCUT2D eigenvalue weighted by Crippen LogP contribution is -2.35. The van der Waals surface area contributed by atoms with Crippen LogP contribution in [0.5, 0.6) is 5.75 Å². The summed E-state index contributed by atoms with van der Waals surface area (Å²) in [5.41, 5.74) is 2.74. The average molecular weight is 470 g/mol. The average Bonchev–Trinajstić information content (AvgIpc) is 2.85. The van der Waals surface area contributed by atoms with Crippen molar-refractivity contribution in [3.8, 4) is 5.75 Å². The van der Waals surface area contributed by atoms with Crippen LogP contribution < -0.4 is 19.9 Å². The van der Waals surface area contributed by atoms with Gasteiger partial charge in [-0.1, -0.05) is 44.7 Å². The van der Waals surface area contributed by atoms with Crippen LogP contribution in [-0.4, -0.2) is 57.3 Å². The number of hydrogen-bond donors (Lipinski definition) is 2. The Kier molecular flexibility index (Phi) is 12.0. The normalized spacial score (nSPS) is 11.6. The monoisotopic (exact) mass is 469 g/mol. The third kappa shape index (κ3) is 9.06. The number of likely N-dealkylation sites (N-methyl/N-ethyl adjacent to an activating group) is 2. The van der Waals surface area contributed by atoms with Gasteiger partial charge in [-0.15, -0.1) is 0 Å². The summed E-state index contributed by atoms with van der Waals surface area (Å²) in [5.74, 6) is -0.00297. The molecule has 186 valence electrons. The molecule has 0 aromatic heterocycles. The molecule has 0 aliphatic carbocycles. The first kappa shape index (κ1) is 27.2. The van der Waals surface area contributed by atoms with Crippen molar-refractivity contribution in [1.82, 2.24) is 5.32 Å². The van der Waals surface area contributed by atoms with E-state index >= 15 is 0 Å². The first-order valence-corrected chi connectivity index (χ1v) is 12.1. The predicted molar refractivity (Wildman–Crippen MR) is 138 cm³/mol. The van der Waals surface area contributed by atoms with E-state index in [1.807, 2.05) is 55.6 Å². The topological polar surface area (TPSA) is 82.1 Å². The van der Waals surface area contributed by atoms with E-state index in [9.17, 15) is 14.7 Å². The molecule has 2 aromatic carbocycles. The Morgan fingerprint density at radius 2 is 1.65 bits per heavy atom. The van der Waals surface area contributed by atoms with Gasteiger partial charge in [0.1, 0.15) is 11.8 Å². The van der Waals surface area contributed by atoms with Gasteiger partial charge in [-0.2, -0.15) is 0 Å². The SMILES string of the molecule is CCCCCCCOc1ccc(N(C)CCN(C=O)c2ccc(CC(NC)C(=O)O)cc2)cc1. The molecule has 0 fully saturated rings. The van der Waals surface area contributed by atoms with Crippen molar-refractivity contribution < 1.29 is 19.4 Å². The maximum absolute atomic E-state index is 11.7. The van der Waals surface area contributed by atoms with Gasteiger partial charge in [-0.25, -0.2) is 0 Å². The number of benzene rings is 2. The van der Waals surface area contributed by atoms with Crippen molar-refractivity contribution in [2.75, 3.05) is 43.6 Å². The minimum atomic E-state index is -0.883. The highest BCUT2D eigenvalue weighted by Crippen LogP contribution is 2.20. The molecule has 0 bridgehead atoms. The molecule has 0 saturated carbocycles. The number of nitrogens with zero attached hydrogens (tertiary/aromatic N) is 2. The van der Waals surface area contributed by atoms with E-state index < -0.39 is 12.0 Å². The molecule has 0 radical (unpaired) electrons. The molecular formula is C27H39N3O4. The first-order chi connectivity index (χ1) is 16.5. The minimum Gasteiger partial charge on any atom is -0.494 e. The maximum atomic E-state index is 11.7. The molecule has 0 aliphatic heterocycles. The molecule has 34 heavy (non-hydrogen) atoms.